The molecule has 1 aromatic carbocycles. The Morgan fingerprint density at radius 1 is 1.33 bits per heavy atom. The van der Waals surface area contributed by atoms with Gasteiger partial charge in [0.05, 0.1) is 11.1 Å². The summed E-state index contributed by atoms with van der Waals surface area (Å²) in [6, 6.07) is 7.58. The first-order valence-corrected chi connectivity index (χ1v) is 7.54. The number of aromatic nitrogens is 1. The van der Waals surface area contributed by atoms with Crippen molar-refractivity contribution >= 4 is 28.2 Å². The quantitative estimate of drug-likeness (QED) is 0.768. The van der Waals surface area contributed by atoms with E-state index in [-0.39, 0.29) is 18.1 Å². The third kappa shape index (κ3) is 3.88. The van der Waals surface area contributed by atoms with E-state index in [2.05, 4.69) is 10.3 Å². The summed E-state index contributed by atoms with van der Waals surface area (Å²) in [7, 11) is 0. The van der Waals surface area contributed by atoms with Gasteiger partial charge >= 0.3 is 0 Å². The number of hydrogen-bond acceptors (Lipinski definition) is 5. The van der Waals surface area contributed by atoms with Crippen molar-refractivity contribution in [3.8, 4) is 0 Å². The second-order valence-corrected chi connectivity index (χ2v) is 5.54. The Kier molecular flexibility index (Phi) is 5.05. The molecule has 0 radical (unpaired) electrons. The van der Waals surface area contributed by atoms with Crippen LogP contribution in [-0.4, -0.2) is 23.2 Å². The number of nitrogens with two attached hydrogens (primary N) is 1. The number of benzene rings is 1. The van der Waals surface area contributed by atoms with Crippen LogP contribution in [0.25, 0.3) is 0 Å². The third-order valence-corrected chi connectivity index (χ3v) is 3.97. The number of anilines is 1. The zero-order valence-corrected chi connectivity index (χ0v) is 12.6. The minimum Gasteiger partial charge on any atom is -0.370 e. The molecule has 21 heavy (non-hydrogen) atoms. The largest absolute Gasteiger partial charge is 0.370 e. The molecule has 0 aliphatic rings. The lowest BCUT2D eigenvalue weighted by Gasteiger charge is -2.04. The van der Waals surface area contributed by atoms with E-state index in [1.165, 1.54) is 11.3 Å². The van der Waals surface area contributed by atoms with E-state index in [1.807, 2.05) is 31.2 Å². The number of rotatable bonds is 7. The molecule has 1 heterocycles. The fraction of sp³-hybridized carbons (Fsp3) is 0.267. The predicted molar refractivity (Wildman–Crippen MR) is 83.7 cm³/mol. The maximum atomic E-state index is 12.5. The van der Waals surface area contributed by atoms with Crippen molar-refractivity contribution < 1.29 is 9.59 Å². The third-order valence-electron chi connectivity index (χ3n) is 3.02. The van der Waals surface area contributed by atoms with E-state index in [4.69, 9.17) is 5.73 Å². The lowest BCUT2D eigenvalue weighted by atomic mass is 10.0. The molecule has 6 heteroatoms. The van der Waals surface area contributed by atoms with Crippen molar-refractivity contribution in [3.63, 3.8) is 0 Å². The summed E-state index contributed by atoms with van der Waals surface area (Å²) in [6.07, 6.45) is 2.61. The first-order valence-electron chi connectivity index (χ1n) is 6.72. The first-order chi connectivity index (χ1) is 10.1. The van der Waals surface area contributed by atoms with E-state index >= 15 is 0 Å². The zero-order chi connectivity index (χ0) is 15.2. The molecular weight excluding hydrogens is 286 g/mol. The van der Waals surface area contributed by atoms with Crippen LogP contribution in [-0.2, 0) is 11.2 Å². The molecule has 0 aliphatic carbocycles. The summed E-state index contributed by atoms with van der Waals surface area (Å²) in [5.74, 6) is -0.389. The number of carbonyl (C=O) groups excluding carboxylic acids is 2. The van der Waals surface area contributed by atoms with Crippen molar-refractivity contribution in [2.24, 2.45) is 5.73 Å². The molecule has 5 nitrogen and oxygen atoms in total. The van der Waals surface area contributed by atoms with Crippen molar-refractivity contribution in [2.45, 2.75) is 19.8 Å². The van der Waals surface area contributed by atoms with Crippen LogP contribution in [0.2, 0.25) is 0 Å². The molecule has 3 N–H and O–H groups in total. The van der Waals surface area contributed by atoms with Crippen molar-refractivity contribution in [1.29, 1.82) is 0 Å². The van der Waals surface area contributed by atoms with E-state index in [1.54, 1.807) is 6.20 Å². The van der Waals surface area contributed by atoms with Gasteiger partial charge in [0.25, 0.3) is 0 Å². The van der Waals surface area contributed by atoms with Crippen LogP contribution in [0.3, 0.4) is 0 Å². The maximum Gasteiger partial charge on any atom is 0.219 e. The molecule has 0 saturated carbocycles. The highest BCUT2D eigenvalue weighted by molar-refractivity contribution is 7.17. The Morgan fingerprint density at radius 3 is 2.81 bits per heavy atom. The number of primary amides is 1. The van der Waals surface area contributed by atoms with Crippen molar-refractivity contribution in [1.82, 2.24) is 4.98 Å². The summed E-state index contributed by atoms with van der Waals surface area (Å²) in [6.45, 7) is 2.44. The first kappa shape index (κ1) is 15.2. The Hall–Kier alpha value is -2.21. The molecule has 2 rings (SSSR count). The van der Waals surface area contributed by atoms with Gasteiger partial charge in [-0.05, 0) is 12.0 Å². The summed E-state index contributed by atoms with van der Waals surface area (Å²) in [5.41, 5.74) is 6.81. The van der Waals surface area contributed by atoms with Gasteiger partial charge in [-0.1, -0.05) is 42.5 Å². The van der Waals surface area contributed by atoms with Crippen LogP contribution in [0.4, 0.5) is 5.13 Å². The van der Waals surface area contributed by atoms with Crippen LogP contribution >= 0.6 is 11.3 Å². The van der Waals surface area contributed by atoms with Gasteiger partial charge < -0.3 is 11.1 Å². The molecule has 0 fully saturated rings. The van der Waals surface area contributed by atoms with E-state index in [0.717, 1.165) is 12.0 Å². The van der Waals surface area contributed by atoms with Gasteiger partial charge in [0, 0.05) is 18.5 Å². The smallest absolute Gasteiger partial charge is 0.219 e. The normalized spacial score (nSPS) is 10.3. The number of carbonyl (C=O) groups is 2. The topological polar surface area (TPSA) is 85.1 Å². The van der Waals surface area contributed by atoms with Gasteiger partial charge in [0.2, 0.25) is 11.7 Å². The SMILES string of the molecule is CCc1ccccc1C(=O)c1cnc(NCCC(N)=O)s1. The minimum atomic E-state index is -0.368. The Bertz CT molecular complexity index is 652. The van der Waals surface area contributed by atoms with Gasteiger partial charge in [-0.2, -0.15) is 0 Å². The summed E-state index contributed by atoms with van der Waals surface area (Å²) < 4.78 is 0. The highest BCUT2D eigenvalue weighted by atomic mass is 32.1. The highest BCUT2D eigenvalue weighted by Gasteiger charge is 2.15. The lowest BCUT2D eigenvalue weighted by molar-refractivity contribution is -0.117. The minimum absolute atomic E-state index is 0.0205. The molecule has 0 bridgehead atoms. The van der Waals surface area contributed by atoms with Crippen LogP contribution in [0, 0.1) is 0 Å². The summed E-state index contributed by atoms with van der Waals surface area (Å²) in [4.78, 5) is 27.9. The Morgan fingerprint density at radius 2 is 2.10 bits per heavy atom. The maximum absolute atomic E-state index is 12.5. The molecule has 1 amide bonds. The van der Waals surface area contributed by atoms with Crippen LogP contribution in [0.5, 0.6) is 0 Å². The Labute approximate surface area is 127 Å². The van der Waals surface area contributed by atoms with Gasteiger partial charge in [0.15, 0.2) is 5.13 Å². The highest BCUT2D eigenvalue weighted by Crippen LogP contribution is 2.23. The fourth-order valence-corrected chi connectivity index (χ4v) is 2.73. The molecule has 110 valence electrons. The average Bonchev–Trinajstić information content (AvgIpc) is 2.95. The number of amides is 1. The fourth-order valence-electron chi connectivity index (χ4n) is 1.94. The number of nitrogens with zero attached hydrogens (tertiary/aromatic N) is 1. The average molecular weight is 303 g/mol. The number of aryl methyl sites for hydroxylation is 1. The molecule has 0 atom stereocenters. The molecule has 0 unspecified atom stereocenters. The summed E-state index contributed by atoms with van der Waals surface area (Å²) >= 11 is 1.28. The molecule has 0 saturated heterocycles. The van der Waals surface area contributed by atoms with E-state index in [9.17, 15) is 9.59 Å². The molecule has 0 aliphatic heterocycles. The zero-order valence-electron chi connectivity index (χ0n) is 11.8. The van der Waals surface area contributed by atoms with Crippen LogP contribution < -0.4 is 11.1 Å². The molecule has 2 aromatic rings. The van der Waals surface area contributed by atoms with E-state index in [0.29, 0.717) is 22.1 Å². The molecular formula is C15H17N3O2S. The molecule has 0 spiro atoms. The van der Waals surface area contributed by atoms with Gasteiger partial charge in [-0.25, -0.2) is 4.98 Å². The second-order valence-electron chi connectivity index (χ2n) is 4.51. The number of hydrogen-bond donors (Lipinski definition) is 2. The summed E-state index contributed by atoms with van der Waals surface area (Å²) in [5, 5.41) is 3.60. The van der Waals surface area contributed by atoms with Gasteiger partial charge in [-0.3, -0.25) is 9.59 Å². The van der Waals surface area contributed by atoms with Gasteiger partial charge in [-0.15, -0.1) is 0 Å². The standard InChI is InChI=1S/C15H17N3O2S/c1-2-10-5-3-4-6-11(10)14(20)12-9-18-15(21-12)17-8-7-13(16)19/h3-6,9H,2,7-8H2,1H3,(H2,16,19)(H,17,18). The lowest BCUT2D eigenvalue weighted by Crippen LogP contribution is -2.15. The van der Waals surface area contributed by atoms with Crippen LogP contribution in [0.1, 0.15) is 34.1 Å². The monoisotopic (exact) mass is 303 g/mol. The van der Waals surface area contributed by atoms with Crippen molar-refractivity contribution in [2.75, 3.05) is 11.9 Å². The van der Waals surface area contributed by atoms with E-state index < -0.39 is 0 Å². The molecule has 1 aromatic heterocycles. The number of thiazole rings is 1. The second kappa shape index (κ2) is 6.99. The Balaban J connectivity index is 2.10. The van der Waals surface area contributed by atoms with Crippen LogP contribution in [0.15, 0.2) is 30.5 Å². The van der Waals surface area contributed by atoms with Gasteiger partial charge in [0.1, 0.15) is 0 Å². The predicted octanol–water partition coefficient (Wildman–Crippen LogP) is 2.22. The van der Waals surface area contributed by atoms with Crippen molar-refractivity contribution in [3.05, 3.63) is 46.5 Å². The number of nitrogens with one attached hydrogen (secondary N) is 1. The number of ketones is 1.